The highest BCUT2D eigenvalue weighted by Crippen LogP contribution is 2.28. The van der Waals surface area contributed by atoms with E-state index < -0.39 is 0 Å². The molecule has 1 aliphatic carbocycles. The van der Waals surface area contributed by atoms with Crippen molar-refractivity contribution in [3.8, 4) is 0 Å². The van der Waals surface area contributed by atoms with Crippen LogP contribution in [0.15, 0.2) is 18.2 Å². The number of esters is 1. The molecule has 3 nitrogen and oxygen atoms in total. The minimum Gasteiger partial charge on any atom is -0.462 e. The van der Waals surface area contributed by atoms with Gasteiger partial charge >= 0.3 is 5.97 Å². The van der Waals surface area contributed by atoms with E-state index in [4.69, 9.17) is 10.5 Å². The number of fused-ring (bicyclic) bond motifs is 1. The van der Waals surface area contributed by atoms with E-state index in [1.165, 1.54) is 5.56 Å². The maximum Gasteiger partial charge on any atom is 0.338 e. The summed E-state index contributed by atoms with van der Waals surface area (Å²) in [5, 5.41) is 0. The van der Waals surface area contributed by atoms with E-state index in [2.05, 4.69) is 0 Å². The van der Waals surface area contributed by atoms with Crippen LogP contribution in [0.25, 0.3) is 0 Å². The summed E-state index contributed by atoms with van der Waals surface area (Å²) in [6.45, 7) is 2.21. The predicted molar refractivity (Wildman–Crippen MR) is 69.5 cm³/mol. The third kappa shape index (κ3) is 2.99. The Bertz CT molecular complexity index is 406. The molecule has 0 saturated carbocycles. The minimum absolute atomic E-state index is 0. The second-order valence-corrected chi connectivity index (χ2v) is 4.13. The number of hydrogen-bond acceptors (Lipinski definition) is 3. The van der Waals surface area contributed by atoms with Crippen LogP contribution in [-0.4, -0.2) is 12.6 Å². The number of hydrogen-bond donors (Lipinski definition) is 1. The van der Waals surface area contributed by atoms with Gasteiger partial charge in [0.15, 0.2) is 0 Å². The summed E-state index contributed by atoms with van der Waals surface area (Å²) in [6, 6.07) is 5.78. The van der Waals surface area contributed by atoms with Gasteiger partial charge < -0.3 is 10.5 Å². The topological polar surface area (TPSA) is 52.3 Å². The van der Waals surface area contributed by atoms with Crippen LogP contribution >= 0.6 is 12.4 Å². The minimum atomic E-state index is -0.261. The monoisotopic (exact) mass is 255 g/mol. The third-order valence-electron chi connectivity index (χ3n) is 3.02. The maximum absolute atomic E-state index is 11.6. The summed E-state index contributed by atoms with van der Waals surface area (Å²) < 4.78 is 4.97. The number of ether oxygens (including phenoxy) is 1. The van der Waals surface area contributed by atoms with Crippen LogP contribution in [0.2, 0.25) is 0 Å². The summed E-state index contributed by atoms with van der Waals surface area (Å²) in [6.07, 6.45) is 3.19. The fourth-order valence-electron chi connectivity index (χ4n) is 2.18. The van der Waals surface area contributed by atoms with Crippen LogP contribution in [0, 0.1) is 0 Å². The van der Waals surface area contributed by atoms with E-state index in [0.717, 1.165) is 24.8 Å². The van der Waals surface area contributed by atoms with Crippen LogP contribution in [0.3, 0.4) is 0 Å². The van der Waals surface area contributed by atoms with Crippen molar-refractivity contribution < 1.29 is 9.53 Å². The first-order valence-corrected chi connectivity index (χ1v) is 5.78. The SMILES string of the molecule is CCOC(=O)c1ccc2c(c1)C(N)CCC2.Cl. The molecule has 2 N–H and O–H groups in total. The molecule has 1 atom stereocenters. The molecule has 0 radical (unpaired) electrons. The lowest BCUT2D eigenvalue weighted by Gasteiger charge is -2.22. The van der Waals surface area contributed by atoms with Crippen LogP contribution in [-0.2, 0) is 11.2 Å². The number of aryl methyl sites for hydroxylation is 1. The Morgan fingerprint density at radius 3 is 3.00 bits per heavy atom. The maximum atomic E-state index is 11.6. The molecular formula is C13H18ClNO2. The molecule has 17 heavy (non-hydrogen) atoms. The molecule has 94 valence electrons. The molecule has 0 aliphatic heterocycles. The molecule has 0 amide bonds. The summed E-state index contributed by atoms with van der Waals surface area (Å²) in [7, 11) is 0. The van der Waals surface area contributed by atoms with Gasteiger partial charge in [0.1, 0.15) is 0 Å². The molecule has 0 bridgehead atoms. The average molecular weight is 256 g/mol. The normalized spacial score (nSPS) is 17.9. The molecule has 0 fully saturated rings. The lowest BCUT2D eigenvalue weighted by molar-refractivity contribution is 0.0526. The number of carbonyl (C=O) groups excluding carboxylic acids is 1. The standard InChI is InChI=1S/C13H17NO2.ClH/c1-2-16-13(15)10-7-6-9-4-3-5-12(14)11(9)8-10;/h6-8,12H,2-5,14H2,1H3;1H. The third-order valence-corrected chi connectivity index (χ3v) is 3.02. The molecule has 4 heteroatoms. The van der Waals surface area contributed by atoms with Crippen LogP contribution in [0.5, 0.6) is 0 Å². The van der Waals surface area contributed by atoms with E-state index in [1.54, 1.807) is 0 Å². The zero-order valence-electron chi connectivity index (χ0n) is 9.94. The van der Waals surface area contributed by atoms with Crippen molar-refractivity contribution in [3.05, 3.63) is 34.9 Å². The molecular weight excluding hydrogens is 238 g/mol. The summed E-state index contributed by atoms with van der Waals surface area (Å²) in [5.41, 5.74) is 9.02. The molecule has 0 spiro atoms. The highest BCUT2D eigenvalue weighted by atomic mass is 35.5. The molecule has 1 unspecified atom stereocenters. The number of nitrogens with two attached hydrogens (primary N) is 1. The highest BCUT2D eigenvalue weighted by molar-refractivity contribution is 5.89. The van der Waals surface area contributed by atoms with Crippen LogP contribution in [0.4, 0.5) is 0 Å². The van der Waals surface area contributed by atoms with E-state index in [-0.39, 0.29) is 24.4 Å². The van der Waals surface area contributed by atoms with Gasteiger partial charge in [0.25, 0.3) is 0 Å². The van der Waals surface area contributed by atoms with E-state index in [0.29, 0.717) is 12.2 Å². The molecule has 0 aromatic heterocycles. The van der Waals surface area contributed by atoms with Gasteiger partial charge in [-0.15, -0.1) is 12.4 Å². The van der Waals surface area contributed by atoms with E-state index in [1.807, 2.05) is 25.1 Å². The van der Waals surface area contributed by atoms with Gasteiger partial charge in [-0.2, -0.15) is 0 Å². The second-order valence-electron chi connectivity index (χ2n) is 4.13. The van der Waals surface area contributed by atoms with Gasteiger partial charge in [-0.1, -0.05) is 6.07 Å². The Balaban J connectivity index is 0.00000144. The van der Waals surface area contributed by atoms with Crippen LogP contribution in [0.1, 0.15) is 47.3 Å². The smallest absolute Gasteiger partial charge is 0.338 e. The molecule has 0 heterocycles. The Hall–Kier alpha value is -1.06. The Kier molecular flexibility index (Phi) is 4.97. The Morgan fingerprint density at radius 2 is 2.29 bits per heavy atom. The van der Waals surface area contributed by atoms with E-state index >= 15 is 0 Å². The molecule has 1 aliphatic rings. The van der Waals surface area contributed by atoms with Gasteiger partial charge in [0.2, 0.25) is 0 Å². The van der Waals surface area contributed by atoms with Gasteiger partial charge in [-0.05, 0) is 49.4 Å². The van der Waals surface area contributed by atoms with Crippen molar-refractivity contribution in [2.45, 2.75) is 32.2 Å². The first-order chi connectivity index (χ1) is 7.72. The largest absolute Gasteiger partial charge is 0.462 e. The van der Waals surface area contributed by atoms with E-state index in [9.17, 15) is 4.79 Å². The lowest BCUT2D eigenvalue weighted by atomic mass is 9.87. The Morgan fingerprint density at radius 1 is 1.53 bits per heavy atom. The van der Waals surface area contributed by atoms with Gasteiger partial charge in [-0.3, -0.25) is 0 Å². The highest BCUT2D eigenvalue weighted by Gasteiger charge is 2.18. The molecule has 2 rings (SSSR count). The quantitative estimate of drug-likeness (QED) is 0.827. The zero-order chi connectivity index (χ0) is 11.5. The van der Waals surface area contributed by atoms with Crippen molar-refractivity contribution in [2.24, 2.45) is 5.73 Å². The van der Waals surface area contributed by atoms with Crippen molar-refractivity contribution >= 4 is 18.4 Å². The zero-order valence-corrected chi connectivity index (χ0v) is 10.8. The Labute approximate surface area is 108 Å². The summed E-state index contributed by atoms with van der Waals surface area (Å²) in [4.78, 5) is 11.6. The lowest BCUT2D eigenvalue weighted by Crippen LogP contribution is -2.18. The average Bonchev–Trinajstić information content (AvgIpc) is 2.29. The van der Waals surface area contributed by atoms with Crippen molar-refractivity contribution in [1.29, 1.82) is 0 Å². The summed E-state index contributed by atoms with van der Waals surface area (Å²) in [5.74, 6) is -0.261. The van der Waals surface area contributed by atoms with Gasteiger partial charge in [0, 0.05) is 6.04 Å². The van der Waals surface area contributed by atoms with Crippen molar-refractivity contribution in [3.63, 3.8) is 0 Å². The fourth-order valence-corrected chi connectivity index (χ4v) is 2.18. The second kappa shape index (κ2) is 6.03. The number of halogens is 1. The van der Waals surface area contributed by atoms with Gasteiger partial charge in [0.05, 0.1) is 12.2 Å². The molecule has 1 aromatic carbocycles. The number of rotatable bonds is 2. The first-order valence-electron chi connectivity index (χ1n) is 5.78. The number of carbonyl (C=O) groups is 1. The van der Waals surface area contributed by atoms with Crippen molar-refractivity contribution in [1.82, 2.24) is 0 Å². The van der Waals surface area contributed by atoms with Gasteiger partial charge in [-0.25, -0.2) is 4.79 Å². The fraction of sp³-hybridized carbons (Fsp3) is 0.462. The van der Waals surface area contributed by atoms with Crippen molar-refractivity contribution in [2.75, 3.05) is 6.61 Å². The molecule has 0 saturated heterocycles. The predicted octanol–water partition coefficient (Wildman–Crippen LogP) is 2.62. The summed E-state index contributed by atoms with van der Waals surface area (Å²) >= 11 is 0. The molecule has 1 aromatic rings. The first kappa shape index (κ1) is 14.0. The number of benzene rings is 1. The van der Waals surface area contributed by atoms with Crippen LogP contribution < -0.4 is 5.73 Å².